The molecule has 1 aromatic rings. The van der Waals surface area contributed by atoms with Gasteiger partial charge in [0.25, 0.3) is 0 Å². The number of carbonyl (C=O) groups is 1. The van der Waals surface area contributed by atoms with Gasteiger partial charge in [-0.2, -0.15) is 0 Å². The molecule has 2 aliphatic rings. The highest BCUT2D eigenvalue weighted by molar-refractivity contribution is 5.88. The van der Waals surface area contributed by atoms with Crippen molar-refractivity contribution in [1.82, 2.24) is 0 Å². The molecule has 140 valence electrons. The molecule has 2 unspecified atom stereocenters. The van der Waals surface area contributed by atoms with E-state index in [4.69, 9.17) is 4.74 Å². The molecule has 1 aromatic carbocycles. The van der Waals surface area contributed by atoms with Crippen molar-refractivity contribution in [1.29, 1.82) is 0 Å². The number of hydrogen-bond donors (Lipinski definition) is 0. The molecule has 1 heterocycles. The number of ether oxygens (including phenoxy) is 1. The molecule has 3 rings (SSSR count). The molecule has 0 spiro atoms. The van der Waals surface area contributed by atoms with Crippen LogP contribution in [0.25, 0.3) is 0 Å². The SMILES string of the molecule is CC1=CC=CC(C)(C2C(=O)Oc3cc(C(C)(C)C)cc(C(C)(C)C)c32)C1. The van der Waals surface area contributed by atoms with E-state index in [1.165, 1.54) is 16.7 Å². The summed E-state index contributed by atoms with van der Waals surface area (Å²) in [5.41, 5.74) is 4.56. The van der Waals surface area contributed by atoms with Crippen molar-refractivity contribution >= 4 is 5.97 Å². The zero-order valence-corrected chi connectivity index (χ0v) is 17.5. The topological polar surface area (TPSA) is 26.3 Å². The van der Waals surface area contributed by atoms with Crippen molar-refractivity contribution in [3.05, 3.63) is 52.6 Å². The Morgan fingerprint density at radius 3 is 2.27 bits per heavy atom. The van der Waals surface area contributed by atoms with Gasteiger partial charge < -0.3 is 4.74 Å². The van der Waals surface area contributed by atoms with Crippen molar-refractivity contribution in [2.75, 3.05) is 0 Å². The normalized spacial score (nSPS) is 25.8. The zero-order valence-electron chi connectivity index (χ0n) is 17.5. The molecule has 2 heteroatoms. The lowest BCUT2D eigenvalue weighted by molar-refractivity contribution is -0.136. The van der Waals surface area contributed by atoms with Gasteiger partial charge in [-0.15, -0.1) is 0 Å². The fraction of sp³-hybridized carbons (Fsp3) is 0.542. The molecule has 2 nitrogen and oxygen atoms in total. The quantitative estimate of drug-likeness (QED) is 0.444. The minimum atomic E-state index is -0.249. The minimum absolute atomic E-state index is 0.00743. The Balaban J connectivity index is 2.23. The van der Waals surface area contributed by atoms with Gasteiger partial charge in [-0.05, 0) is 41.4 Å². The van der Waals surface area contributed by atoms with Crippen molar-refractivity contribution < 1.29 is 9.53 Å². The lowest BCUT2D eigenvalue weighted by atomic mass is 9.65. The van der Waals surface area contributed by atoms with E-state index in [0.717, 1.165) is 17.7 Å². The predicted octanol–water partition coefficient (Wildman–Crippen LogP) is 6.20. The molecule has 0 saturated heterocycles. The lowest BCUT2D eigenvalue weighted by Crippen LogP contribution is -2.31. The highest BCUT2D eigenvalue weighted by atomic mass is 16.5. The van der Waals surface area contributed by atoms with Gasteiger partial charge in [-0.3, -0.25) is 4.79 Å². The van der Waals surface area contributed by atoms with Crippen LogP contribution in [0.1, 0.15) is 84.4 Å². The van der Waals surface area contributed by atoms with Crippen LogP contribution in [0, 0.1) is 5.41 Å². The maximum Gasteiger partial charge on any atom is 0.319 e. The van der Waals surface area contributed by atoms with Gasteiger partial charge in [0.05, 0.1) is 5.92 Å². The van der Waals surface area contributed by atoms with Gasteiger partial charge in [0.1, 0.15) is 5.75 Å². The van der Waals surface area contributed by atoms with Crippen LogP contribution < -0.4 is 4.74 Å². The fourth-order valence-electron chi connectivity index (χ4n) is 4.30. The second kappa shape index (κ2) is 5.84. The van der Waals surface area contributed by atoms with Crippen LogP contribution in [0.3, 0.4) is 0 Å². The third kappa shape index (κ3) is 3.15. The van der Waals surface area contributed by atoms with E-state index in [0.29, 0.717) is 0 Å². The average Bonchev–Trinajstić information content (AvgIpc) is 2.80. The van der Waals surface area contributed by atoms with Gasteiger partial charge in [-0.25, -0.2) is 0 Å². The Labute approximate surface area is 158 Å². The van der Waals surface area contributed by atoms with E-state index < -0.39 is 0 Å². The number of rotatable bonds is 1. The Bertz CT molecular complexity index is 812. The Morgan fingerprint density at radius 2 is 1.73 bits per heavy atom. The molecule has 0 saturated carbocycles. The molecule has 0 radical (unpaired) electrons. The number of fused-ring (bicyclic) bond motifs is 1. The van der Waals surface area contributed by atoms with E-state index in [1.807, 2.05) is 0 Å². The Hall–Kier alpha value is -1.83. The second-order valence-electron chi connectivity index (χ2n) is 10.3. The first-order valence-corrected chi connectivity index (χ1v) is 9.58. The molecular weight excluding hydrogens is 320 g/mol. The van der Waals surface area contributed by atoms with E-state index in [9.17, 15) is 4.79 Å². The zero-order chi connectivity index (χ0) is 19.5. The summed E-state index contributed by atoms with van der Waals surface area (Å²) in [4.78, 5) is 13.0. The summed E-state index contributed by atoms with van der Waals surface area (Å²) in [5.74, 6) is 0.401. The van der Waals surface area contributed by atoms with Crippen LogP contribution in [0.4, 0.5) is 0 Å². The molecular formula is C24H32O2. The molecule has 0 aromatic heterocycles. The molecule has 2 atom stereocenters. The average molecular weight is 353 g/mol. The Morgan fingerprint density at radius 1 is 1.08 bits per heavy atom. The largest absolute Gasteiger partial charge is 0.426 e. The third-order valence-corrected chi connectivity index (χ3v) is 5.73. The van der Waals surface area contributed by atoms with Crippen LogP contribution in [0.15, 0.2) is 35.9 Å². The fourth-order valence-corrected chi connectivity index (χ4v) is 4.30. The molecule has 0 amide bonds. The summed E-state index contributed by atoms with van der Waals surface area (Å²) in [6.45, 7) is 17.6. The van der Waals surface area contributed by atoms with Gasteiger partial charge in [-0.1, -0.05) is 78.3 Å². The van der Waals surface area contributed by atoms with Crippen LogP contribution in [-0.4, -0.2) is 5.97 Å². The minimum Gasteiger partial charge on any atom is -0.426 e. The maximum absolute atomic E-state index is 13.0. The third-order valence-electron chi connectivity index (χ3n) is 5.73. The maximum atomic E-state index is 13.0. The van der Waals surface area contributed by atoms with Gasteiger partial charge >= 0.3 is 5.97 Å². The highest BCUT2D eigenvalue weighted by Gasteiger charge is 2.48. The molecule has 0 fully saturated rings. The number of hydrogen-bond acceptors (Lipinski definition) is 2. The van der Waals surface area contributed by atoms with Gasteiger partial charge in [0, 0.05) is 11.0 Å². The van der Waals surface area contributed by atoms with Crippen molar-refractivity contribution in [3.63, 3.8) is 0 Å². The van der Waals surface area contributed by atoms with Crippen molar-refractivity contribution in [3.8, 4) is 5.75 Å². The Kier molecular flexibility index (Phi) is 4.25. The summed E-state index contributed by atoms with van der Waals surface area (Å²) in [6, 6.07) is 4.38. The van der Waals surface area contributed by atoms with E-state index in [1.54, 1.807) is 0 Å². The molecule has 0 N–H and O–H groups in total. The number of allylic oxidation sites excluding steroid dienone is 4. The van der Waals surface area contributed by atoms with E-state index >= 15 is 0 Å². The predicted molar refractivity (Wildman–Crippen MR) is 108 cm³/mol. The molecule has 1 aliphatic carbocycles. The van der Waals surface area contributed by atoms with Crippen molar-refractivity contribution in [2.24, 2.45) is 5.41 Å². The smallest absolute Gasteiger partial charge is 0.319 e. The summed E-state index contributed by atoms with van der Waals surface area (Å²) < 4.78 is 5.85. The summed E-state index contributed by atoms with van der Waals surface area (Å²) in [6.07, 6.45) is 7.29. The highest BCUT2D eigenvalue weighted by Crippen LogP contribution is 2.54. The first-order valence-electron chi connectivity index (χ1n) is 9.58. The summed E-state index contributed by atoms with van der Waals surface area (Å²) in [7, 11) is 0. The van der Waals surface area contributed by atoms with Crippen LogP contribution >= 0.6 is 0 Å². The van der Waals surface area contributed by atoms with Crippen LogP contribution in [0.2, 0.25) is 0 Å². The summed E-state index contributed by atoms with van der Waals surface area (Å²) in [5, 5.41) is 0. The van der Waals surface area contributed by atoms with E-state index in [-0.39, 0.29) is 28.1 Å². The first kappa shape index (κ1) is 18.9. The second-order valence-corrected chi connectivity index (χ2v) is 10.3. The molecule has 26 heavy (non-hydrogen) atoms. The number of benzene rings is 1. The molecule has 1 aliphatic heterocycles. The van der Waals surface area contributed by atoms with Gasteiger partial charge in [0.15, 0.2) is 0 Å². The van der Waals surface area contributed by atoms with Gasteiger partial charge in [0.2, 0.25) is 0 Å². The van der Waals surface area contributed by atoms with Crippen LogP contribution in [0.5, 0.6) is 5.75 Å². The van der Waals surface area contributed by atoms with Crippen LogP contribution in [-0.2, 0) is 15.6 Å². The first-order chi connectivity index (χ1) is 11.8. The summed E-state index contributed by atoms with van der Waals surface area (Å²) >= 11 is 0. The lowest BCUT2D eigenvalue weighted by Gasteiger charge is -2.35. The van der Waals surface area contributed by atoms with E-state index in [2.05, 4.69) is 85.8 Å². The molecule has 0 bridgehead atoms. The standard InChI is InChI=1S/C24H32O2/c1-15-10-9-11-24(8,14-15)20-19-17(23(5,6)7)12-16(22(2,3)4)13-18(19)26-21(20)25/h9-13,20H,14H2,1-8H3. The van der Waals surface area contributed by atoms with Crippen molar-refractivity contribution in [2.45, 2.75) is 78.6 Å². The number of esters is 1. The monoisotopic (exact) mass is 352 g/mol. The number of carbonyl (C=O) groups excluding carboxylic acids is 1.